The van der Waals surface area contributed by atoms with E-state index in [1.165, 1.54) is 23.9 Å². The monoisotopic (exact) mass is 271 g/mol. The van der Waals surface area contributed by atoms with E-state index in [0.29, 0.717) is 5.92 Å². The van der Waals surface area contributed by atoms with Crippen molar-refractivity contribution in [1.29, 1.82) is 0 Å². The molecule has 0 saturated carbocycles. The lowest BCUT2D eigenvalue weighted by atomic mass is 9.90. The number of nitrogens with zero attached hydrogens (tertiary/aromatic N) is 2. The van der Waals surface area contributed by atoms with Gasteiger partial charge in [-0.3, -0.25) is 0 Å². The molecule has 1 fully saturated rings. The zero-order chi connectivity index (χ0) is 14.3. The third-order valence-corrected chi connectivity index (χ3v) is 4.39. The predicted octanol–water partition coefficient (Wildman–Crippen LogP) is 3.34. The fraction of sp³-hybridized carbons (Fsp3) is 0.588. The van der Waals surface area contributed by atoms with E-state index in [1.807, 2.05) is 0 Å². The maximum absolute atomic E-state index is 4.89. The van der Waals surface area contributed by atoms with Crippen LogP contribution >= 0.6 is 0 Å². The van der Waals surface area contributed by atoms with Gasteiger partial charge in [-0.15, -0.1) is 0 Å². The summed E-state index contributed by atoms with van der Waals surface area (Å²) in [6, 6.07) is 6.85. The highest BCUT2D eigenvalue weighted by Gasteiger charge is 2.22. The van der Waals surface area contributed by atoms with Crippen LogP contribution in [-0.2, 0) is 12.5 Å². The summed E-state index contributed by atoms with van der Waals surface area (Å²) in [6.45, 7) is 8.95. The van der Waals surface area contributed by atoms with Crippen LogP contribution in [0.1, 0.15) is 50.9 Å². The van der Waals surface area contributed by atoms with Gasteiger partial charge >= 0.3 is 0 Å². The zero-order valence-corrected chi connectivity index (χ0v) is 13.0. The summed E-state index contributed by atoms with van der Waals surface area (Å²) in [4.78, 5) is 4.89. The van der Waals surface area contributed by atoms with E-state index in [9.17, 15) is 0 Å². The number of aromatic nitrogens is 2. The molecule has 0 unspecified atom stereocenters. The van der Waals surface area contributed by atoms with Crippen molar-refractivity contribution >= 4 is 11.0 Å². The van der Waals surface area contributed by atoms with Crippen LogP contribution < -0.4 is 5.32 Å². The first-order valence-corrected chi connectivity index (χ1v) is 7.64. The summed E-state index contributed by atoms with van der Waals surface area (Å²) in [7, 11) is 2.13. The zero-order valence-electron chi connectivity index (χ0n) is 13.0. The lowest BCUT2D eigenvalue weighted by molar-refractivity contribution is 0.460. The summed E-state index contributed by atoms with van der Waals surface area (Å²) in [5.74, 6) is 1.86. The van der Waals surface area contributed by atoms with Crippen LogP contribution in [-0.4, -0.2) is 22.6 Å². The predicted molar refractivity (Wildman–Crippen MR) is 84.3 cm³/mol. The van der Waals surface area contributed by atoms with Crippen molar-refractivity contribution in [2.45, 2.75) is 44.9 Å². The van der Waals surface area contributed by atoms with Crippen molar-refractivity contribution < 1.29 is 0 Å². The molecule has 0 radical (unpaired) electrons. The molecule has 0 bridgehead atoms. The fourth-order valence-electron chi connectivity index (χ4n) is 3.30. The first-order valence-electron chi connectivity index (χ1n) is 7.64. The first-order chi connectivity index (χ1) is 9.47. The summed E-state index contributed by atoms with van der Waals surface area (Å²) in [5.41, 5.74) is 3.93. The number of imidazole rings is 1. The highest BCUT2D eigenvalue weighted by Crippen LogP contribution is 2.30. The molecule has 0 spiro atoms. The van der Waals surface area contributed by atoms with E-state index in [1.54, 1.807) is 0 Å². The van der Waals surface area contributed by atoms with Crippen LogP contribution in [0.2, 0.25) is 0 Å². The summed E-state index contributed by atoms with van der Waals surface area (Å²) in [5, 5.41) is 3.44. The molecule has 108 valence electrons. The molecule has 2 aromatic rings. The Hall–Kier alpha value is -1.35. The third kappa shape index (κ3) is 2.35. The van der Waals surface area contributed by atoms with Gasteiger partial charge in [0, 0.05) is 12.5 Å². The van der Waals surface area contributed by atoms with Crippen LogP contribution in [0.5, 0.6) is 0 Å². The van der Waals surface area contributed by atoms with Gasteiger partial charge in [0.2, 0.25) is 0 Å². The van der Waals surface area contributed by atoms with Crippen LogP contribution in [0.25, 0.3) is 11.0 Å². The molecule has 3 heteroatoms. The van der Waals surface area contributed by atoms with E-state index in [-0.39, 0.29) is 5.41 Å². The standard InChI is InChI=1S/C17H25N3/c1-17(2,3)16-19-14-11-13(5-6-15(14)20(16)4)12-7-9-18-10-8-12/h5-6,11-12,18H,7-10H2,1-4H3. The molecular formula is C17H25N3. The number of aryl methyl sites for hydroxylation is 1. The van der Waals surface area contributed by atoms with Crippen LogP contribution in [0.4, 0.5) is 0 Å². The quantitative estimate of drug-likeness (QED) is 0.862. The number of hydrogen-bond donors (Lipinski definition) is 1. The third-order valence-electron chi connectivity index (χ3n) is 4.39. The van der Waals surface area contributed by atoms with Crippen LogP contribution in [0, 0.1) is 0 Å². The van der Waals surface area contributed by atoms with Crippen molar-refractivity contribution in [3.63, 3.8) is 0 Å². The molecular weight excluding hydrogens is 246 g/mol. The van der Waals surface area contributed by atoms with Crippen molar-refractivity contribution in [2.75, 3.05) is 13.1 Å². The Morgan fingerprint density at radius 3 is 2.55 bits per heavy atom. The SMILES string of the molecule is Cn1c(C(C)(C)C)nc2cc(C3CCNCC3)ccc21. The maximum atomic E-state index is 4.89. The lowest BCUT2D eigenvalue weighted by Crippen LogP contribution is -2.26. The molecule has 0 amide bonds. The Morgan fingerprint density at radius 1 is 1.20 bits per heavy atom. The topological polar surface area (TPSA) is 29.9 Å². The van der Waals surface area contributed by atoms with E-state index in [2.05, 4.69) is 55.9 Å². The molecule has 1 aliphatic heterocycles. The highest BCUT2D eigenvalue weighted by molar-refractivity contribution is 5.77. The van der Waals surface area contributed by atoms with E-state index >= 15 is 0 Å². The Balaban J connectivity index is 2.03. The maximum Gasteiger partial charge on any atom is 0.115 e. The summed E-state index contributed by atoms with van der Waals surface area (Å²) in [6.07, 6.45) is 2.48. The average Bonchev–Trinajstić information content (AvgIpc) is 2.77. The molecule has 0 atom stereocenters. The highest BCUT2D eigenvalue weighted by atomic mass is 15.1. The normalized spacial score (nSPS) is 17.8. The molecule has 2 heterocycles. The minimum atomic E-state index is 0.0860. The molecule has 3 nitrogen and oxygen atoms in total. The second-order valence-electron chi connectivity index (χ2n) is 7.02. The number of benzene rings is 1. The number of piperidine rings is 1. The number of nitrogens with one attached hydrogen (secondary N) is 1. The summed E-state index contributed by atoms with van der Waals surface area (Å²) < 4.78 is 2.24. The molecule has 3 rings (SSSR count). The van der Waals surface area contributed by atoms with Gasteiger partial charge in [0.25, 0.3) is 0 Å². The summed E-state index contributed by atoms with van der Waals surface area (Å²) >= 11 is 0. The molecule has 0 aliphatic carbocycles. The molecule has 1 N–H and O–H groups in total. The Bertz CT molecular complexity index is 613. The van der Waals surface area contributed by atoms with Crippen molar-refractivity contribution in [2.24, 2.45) is 7.05 Å². The number of hydrogen-bond acceptors (Lipinski definition) is 2. The van der Waals surface area contributed by atoms with Gasteiger partial charge in [-0.05, 0) is 49.5 Å². The van der Waals surface area contributed by atoms with Crippen molar-refractivity contribution in [1.82, 2.24) is 14.9 Å². The number of rotatable bonds is 1. The van der Waals surface area contributed by atoms with Gasteiger partial charge < -0.3 is 9.88 Å². The van der Waals surface area contributed by atoms with Crippen molar-refractivity contribution in [3.05, 3.63) is 29.6 Å². The second-order valence-corrected chi connectivity index (χ2v) is 7.02. The van der Waals surface area contributed by atoms with Gasteiger partial charge in [0.05, 0.1) is 11.0 Å². The van der Waals surface area contributed by atoms with E-state index in [0.717, 1.165) is 24.4 Å². The lowest BCUT2D eigenvalue weighted by Gasteiger charge is -2.22. The Morgan fingerprint density at radius 2 is 1.90 bits per heavy atom. The van der Waals surface area contributed by atoms with Crippen LogP contribution in [0.15, 0.2) is 18.2 Å². The molecule has 20 heavy (non-hydrogen) atoms. The van der Waals surface area contributed by atoms with Crippen LogP contribution in [0.3, 0.4) is 0 Å². The minimum Gasteiger partial charge on any atom is -0.331 e. The number of fused-ring (bicyclic) bond motifs is 1. The van der Waals surface area contributed by atoms with E-state index < -0.39 is 0 Å². The minimum absolute atomic E-state index is 0.0860. The average molecular weight is 271 g/mol. The van der Waals surface area contributed by atoms with Gasteiger partial charge in [0.1, 0.15) is 5.82 Å². The van der Waals surface area contributed by atoms with E-state index in [4.69, 9.17) is 4.98 Å². The van der Waals surface area contributed by atoms with Gasteiger partial charge in [-0.25, -0.2) is 4.98 Å². The molecule has 1 aromatic heterocycles. The van der Waals surface area contributed by atoms with Gasteiger partial charge in [0.15, 0.2) is 0 Å². The molecule has 1 aromatic carbocycles. The Kier molecular flexibility index (Phi) is 3.33. The smallest absolute Gasteiger partial charge is 0.115 e. The van der Waals surface area contributed by atoms with Gasteiger partial charge in [-0.2, -0.15) is 0 Å². The first kappa shape index (κ1) is 13.6. The molecule has 1 aliphatic rings. The Labute approximate surface area is 121 Å². The molecule has 1 saturated heterocycles. The fourth-order valence-corrected chi connectivity index (χ4v) is 3.30. The largest absolute Gasteiger partial charge is 0.331 e. The second kappa shape index (κ2) is 4.88. The van der Waals surface area contributed by atoms with Gasteiger partial charge in [-0.1, -0.05) is 26.8 Å². The van der Waals surface area contributed by atoms with Crippen molar-refractivity contribution in [3.8, 4) is 0 Å².